The van der Waals surface area contributed by atoms with E-state index in [1.54, 1.807) is 18.2 Å². The van der Waals surface area contributed by atoms with Gasteiger partial charge in [0.1, 0.15) is 0 Å². The molecule has 2 amide bonds. The van der Waals surface area contributed by atoms with Crippen LogP contribution in [0.5, 0.6) is 0 Å². The first-order valence-electron chi connectivity index (χ1n) is 7.20. The Bertz CT molecular complexity index is 971. The van der Waals surface area contributed by atoms with E-state index in [0.717, 1.165) is 6.26 Å². The summed E-state index contributed by atoms with van der Waals surface area (Å²) in [6, 6.07) is 10.2. The van der Waals surface area contributed by atoms with Crippen molar-refractivity contribution in [1.29, 1.82) is 0 Å². The molecule has 26 heavy (non-hydrogen) atoms. The van der Waals surface area contributed by atoms with E-state index in [-0.39, 0.29) is 10.5 Å². The predicted molar refractivity (Wildman–Crippen MR) is 101 cm³/mol. The van der Waals surface area contributed by atoms with Gasteiger partial charge in [0.15, 0.2) is 9.84 Å². The summed E-state index contributed by atoms with van der Waals surface area (Å²) in [6.07, 6.45) is 3.79. The van der Waals surface area contributed by atoms with Crippen LogP contribution in [0.2, 0.25) is 10.0 Å². The standard InChI is InChI=1S/C17H14Cl2N2O4S/c1-26(24,25)13-6-4-12(5-7-13)17(23)21-20-16(22)9-3-11-2-8-14(18)15(19)10-11/h2-10H,1H3,(H,20,22)(H,21,23)/b9-3+. The van der Waals surface area contributed by atoms with E-state index in [4.69, 9.17) is 23.2 Å². The van der Waals surface area contributed by atoms with Crippen LogP contribution in [0.4, 0.5) is 0 Å². The Morgan fingerprint density at radius 2 is 1.62 bits per heavy atom. The number of rotatable bonds is 4. The maximum absolute atomic E-state index is 11.9. The normalized spacial score (nSPS) is 11.3. The van der Waals surface area contributed by atoms with Crippen LogP contribution in [0.3, 0.4) is 0 Å². The lowest BCUT2D eigenvalue weighted by molar-refractivity contribution is -0.117. The molecule has 0 saturated carbocycles. The molecule has 6 nitrogen and oxygen atoms in total. The summed E-state index contributed by atoms with van der Waals surface area (Å²) in [5.74, 6) is -1.14. The van der Waals surface area contributed by atoms with Gasteiger partial charge in [-0.1, -0.05) is 29.3 Å². The number of hydrogen-bond donors (Lipinski definition) is 2. The van der Waals surface area contributed by atoms with Gasteiger partial charge in [-0.3, -0.25) is 20.4 Å². The first-order valence-corrected chi connectivity index (χ1v) is 9.85. The van der Waals surface area contributed by atoms with Crippen molar-refractivity contribution >= 4 is 50.9 Å². The van der Waals surface area contributed by atoms with Gasteiger partial charge in [0.05, 0.1) is 14.9 Å². The molecule has 0 fully saturated rings. The molecule has 0 heterocycles. The van der Waals surface area contributed by atoms with Crippen LogP contribution in [0, 0.1) is 0 Å². The molecule has 0 radical (unpaired) electrons. The van der Waals surface area contributed by atoms with Crippen LogP contribution in [0.15, 0.2) is 53.4 Å². The number of nitrogens with one attached hydrogen (secondary N) is 2. The Kier molecular flexibility index (Phi) is 6.42. The molecular formula is C17H14Cl2N2O4S. The van der Waals surface area contributed by atoms with E-state index in [1.165, 1.54) is 36.4 Å². The summed E-state index contributed by atoms with van der Waals surface area (Å²) < 4.78 is 22.8. The fraction of sp³-hybridized carbons (Fsp3) is 0.0588. The first kappa shape index (κ1) is 20.0. The van der Waals surface area contributed by atoms with Crippen LogP contribution in [-0.2, 0) is 14.6 Å². The molecule has 2 N–H and O–H groups in total. The topological polar surface area (TPSA) is 92.3 Å². The minimum atomic E-state index is -3.34. The summed E-state index contributed by atoms with van der Waals surface area (Å²) in [7, 11) is -3.34. The van der Waals surface area contributed by atoms with E-state index < -0.39 is 21.7 Å². The number of carbonyl (C=O) groups is 2. The fourth-order valence-electron chi connectivity index (χ4n) is 1.87. The molecule has 2 aromatic carbocycles. The maximum Gasteiger partial charge on any atom is 0.269 e. The second kappa shape index (κ2) is 8.35. The Balaban J connectivity index is 1.93. The van der Waals surface area contributed by atoms with Crippen molar-refractivity contribution in [2.24, 2.45) is 0 Å². The zero-order valence-corrected chi connectivity index (χ0v) is 15.8. The maximum atomic E-state index is 11.9. The van der Waals surface area contributed by atoms with Gasteiger partial charge in [-0.05, 0) is 48.0 Å². The molecule has 0 saturated heterocycles. The van der Waals surface area contributed by atoms with Crippen LogP contribution >= 0.6 is 23.2 Å². The molecule has 0 aliphatic heterocycles. The number of benzene rings is 2. The zero-order chi connectivity index (χ0) is 19.3. The lowest BCUT2D eigenvalue weighted by Crippen LogP contribution is -2.40. The van der Waals surface area contributed by atoms with E-state index in [9.17, 15) is 18.0 Å². The van der Waals surface area contributed by atoms with Gasteiger partial charge in [-0.15, -0.1) is 0 Å². The summed E-state index contributed by atoms with van der Waals surface area (Å²) >= 11 is 11.7. The number of halogens is 2. The molecule has 0 unspecified atom stereocenters. The SMILES string of the molecule is CS(=O)(=O)c1ccc(C(=O)NNC(=O)/C=C/c2ccc(Cl)c(Cl)c2)cc1. The third kappa shape index (κ3) is 5.59. The van der Waals surface area contributed by atoms with Crippen molar-refractivity contribution in [1.82, 2.24) is 10.9 Å². The number of hydrazine groups is 1. The summed E-state index contributed by atoms with van der Waals surface area (Å²) in [4.78, 5) is 23.8. The largest absolute Gasteiger partial charge is 0.269 e. The minimum absolute atomic E-state index is 0.0997. The van der Waals surface area contributed by atoms with Gasteiger partial charge in [-0.25, -0.2) is 8.42 Å². The van der Waals surface area contributed by atoms with E-state index in [0.29, 0.717) is 15.6 Å². The monoisotopic (exact) mass is 412 g/mol. The first-order chi connectivity index (χ1) is 12.2. The molecule has 0 atom stereocenters. The third-order valence-corrected chi connectivity index (χ3v) is 5.08. The zero-order valence-electron chi connectivity index (χ0n) is 13.5. The van der Waals surface area contributed by atoms with Crippen molar-refractivity contribution in [3.8, 4) is 0 Å². The highest BCUT2D eigenvalue weighted by Crippen LogP contribution is 2.23. The molecule has 0 aliphatic rings. The van der Waals surface area contributed by atoms with Gasteiger partial charge in [0.2, 0.25) is 0 Å². The van der Waals surface area contributed by atoms with E-state index >= 15 is 0 Å². The number of amides is 2. The highest BCUT2D eigenvalue weighted by Gasteiger charge is 2.10. The van der Waals surface area contributed by atoms with Crippen LogP contribution in [0.1, 0.15) is 15.9 Å². The second-order valence-corrected chi connectivity index (χ2v) is 8.08. The Labute approximate surface area is 160 Å². The van der Waals surface area contributed by atoms with Gasteiger partial charge >= 0.3 is 0 Å². The van der Waals surface area contributed by atoms with Crippen molar-refractivity contribution in [2.75, 3.05) is 6.26 Å². The van der Waals surface area contributed by atoms with Crippen molar-refractivity contribution in [2.45, 2.75) is 4.90 Å². The summed E-state index contributed by atoms with van der Waals surface area (Å²) in [5, 5.41) is 0.766. The number of hydrogen-bond acceptors (Lipinski definition) is 4. The molecule has 2 aromatic rings. The minimum Gasteiger partial charge on any atom is -0.268 e. The lowest BCUT2D eigenvalue weighted by atomic mass is 10.2. The lowest BCUT2D eigenvalue weighted by Gasteiger charge is -2.06. The summed E-state index contributed by atoms with van der Waals surface area (Å²) in [6.45, 7) is 0. The Morgan fingerprint density at radius 1 is 0.962 bits per heavy atom. The van der Waals surface area contributed by atoms with Crippen LogP contribution in [-0.4, -0.2) is 26.5 Å². The van der Waals surface area contributed by atoms with Crippen LogP contribution in [0.25, 0.3) is 6.08 Å². The highest BCUT2D eigenvalue weighted by atomic mass is 35.5. The molecule has 0 aliphatic carbocycles. The average molecular weight is 413 g/mol. The van der Waals surface area contributed by atoms with Crippen LogP contribution < -0.4 is 10.9 Å². The van der Waals surface area contributed by atoms with Crippen molar-refractivity contribution in [3.63, 3.8) is 0 Å². The smallest absolute Gasteiger partial charge is 0.268 e. The second-order valence-electron chi connectivity index (χ2n) is 5.25. The molecule has 0 bridgehead atoms. The van der Waals surface area contributed by atoms with E-state index in [2.05, 4.69) is 10.9 Å². The predicted octanol–water partition coefficient (Wildman–Crippen LogP) is 2.87. The van der Waals surface area contributed by atoms with Gasteiger partial charge in [0, 0.05) is 17.9 Å². The molecule has 0 aromatic heterocycles. The quantitative estimate of drug-likeness (QED) is 0.596. The highest BCUT2D eigenvalue weighted by molar-refractivity contribution is 7.90. The molecular weight excluding hydrogens is 399 g/mol. The summed E-state index contributed by atoms with van der Waals surface area (Å²) in [5.41, 5.74) is 5.31. The molecule has 9 heteroatoms. The van der Waals surface area contributed by atoms with Gasteiger partial charge in [0.25, 0.3) is 11.8 Å². The third-order valence-electron chi connectivity index (χ3n) is 3.21. The number of carbonyl (C=O) groups excluding carboxylic acids is 2. The van der Waals surface area contributed by atoms with Gasteiger partial charge < -0.3 is 0 Å². The van der Waals surface area contributed by atoms with E-state index in [1.807, 2.05) is 0 Å². The molecule has 2 rings (SSSR count). The number of sulfone groups is 1. The van der Waals surface area contributed by atoms with Crippen molar-refractivity contribution in [3.05, 3.63) is 69.7 Å². The molecule has 136 valence electrons. The average Bonchev–Trinajstić information content (AvgIpc) is 2.60. The van der Waals surface area contributed by atoms with Crippen molar-refractivity contribution < 1.29 is 18.0 Å². The fourth-order valence-corrected chi connectivity index (χ4v) is 2.81. The molecule has 0 spiro atoms. The van der Waals surface area contributed by atoms with Gasteiger partial charge in [-0.2, -0.15) is 0 Å². The Morgan fingerprint density at radius 3 is 2.19 bits per heavy atom. The Hall–Kier alpha value is -2.35.